The molecule has 1 aliphatic carbocycles. The lowest BCUT2D eigenvalue weighted by Crippen LogP contribution is -2.37. The molecule has 0 aliphatic heterocycles. The van der Waals surface area contributed by atoms with Gasteiger partial charge in [0.25, 0.3) is 0 Å². The molecule has 0 atom stereocenters. The second-order valence-electron chi connectivity index (χ2n) is 5.39. The van der Waals surface area contributed by atoms with Crippen LogP contribution in [0.4, 0.5) is 0 Å². The molecule has 0 bridgehead atoms. The van der Waals surface area contributed by atoms with Crippen molar-refractivity contribution in [2.45, 2.75) is 38.5 Å². The lowest BCUT2D eigenvalue weighted by atomic mass is 9.72. The first kappa shape index (κ1) is 14.9. The van der Waals surface area contributed by atoms with Crippen LogP contribution in [0.1, 0.15) is 38.5 Å². The Hall–Kier alpha value is -0.130. The van der Waals surface area contributed by atoms with Crippen molar-refractivity contribution in [3.05, 3.63) is 0 Å². The Morgan fingerprint density at radius 3 is 2.12 bits per heavy atom. The molecule has 0 unspecified atom stereocenters. The van der Waals surface area contributed by atoms with Crippen LogP contribution in [0.25, 0.3) is 0 Å². The highest BCUT2D eigenvalue weighted by molar-refractivity contribution is 7.90. The van der Waals surface area contributed by atoms with Gasteiger partial charge in [-0.15, -0.1) is 0 Å². The fourth-order valence-electron chi connectivity index (χ4n) is 2.90. The Bertz CT molecular complexity index is 313. The van der Waals surface area contributed by atoms with E-state index in [-0.39, 0.29) is 19.0 Å². The maximum Gasteiger partial charge on any atom is 0.147 e. The van der Waals surface area contributed by atoms with Crippen LogP contribution in [-0.4, -0.2) is 43.9 Å². The highest BCUT2D eigenvalue weighted by Crippen LogP contribution is 2.42. The van der Waals surface area contributed by atoms with E-state index in [1.165, 1.54) is 6.26 Å². The van der Waals surface area contributed by atoms with Gasteiger partial charge in [-0.25, -0.2) is 8.42 Å². The van der Waals surface area contributed by atoms with Crippen molar-refractivity contribution < 1.29 is 18.6 Å². The molecule has 0 heterocycles. The highest BCUT2D eigenvalue weighted by atomic mass is 32.2. The summed E-state index contributed by atoms with van der Waals surface area (Å²) in [6, 6.07) is 0. The second kappa shape index (κ2) is 6.16. The Labute approximate surface area is 104 Å². The summed E-state index contributed by atoms with van der Waals surface area (Å²) in [5, 5.41) is 19.1. The smallest absolute Gasteiger partial charge is 0.147 e. The molecule has 1 fully saturated rings. The van der Waals surface area contributed by atoms with E-state index in [9.17, 15) is 18.6 Å². The van der Waals surface area contributed by atoms with E-state index >= 15 is 0 Å². The van der Waals surface area contributed by atoms with Crippen molar-refractivity contribution in [3.63, 3.8) is 0 Å². The molecule has 0 aromatic heterocycles. The average Bonchev–Trinajstić information content (AvgIpc) is 2.77. The van der Waals surface area contributed by atoms with Crippen molar-refractivity contribution in [2.24, 2.45) is 11.3 Å². The fraction of sp³-hybridized carbons (Fsp3) is 1.00. The number of rotatable bonds is 7. The number of sulfone groups is 1. The van der Waals surface area contributed by atoms with Gasteiger partial charge in [-0.3, -0.25) is 0 Å². The van der Waals surface area contributed by atoms with Crippen LogP contribution in [-0.2, 0) is 9.84 Å². The first-order valence-electron chi connectivity index (χ1n) is 6.33. The van der Waals surface area contributed by atoms with Crippen LogP contribution >= 0.6 is 0 Å². The summed E-state index contributed by atoms with van der Waals surface area (Å²) in [4.78, 5) is 0. The molecule has 5 heteroatoms. The van der Waals surface area contributed by atoms with Crippen LogP contribution in [0.2, 0.25) is 0 Å². The van der Waals surface area contributed by atoms with Crippen LogP contribution in [0.5, 0.6) is 0 Å². The topological polar surface area (TPSA) is 74.6 Å². The largest absolute Gasteiger partial charge is 0.396 e. The molecule has 4 nitrogen and oxygen atoms in total. The van der Waals surface area contributed by atoms with Gasteiger partial charge >= 0.3 is 0 Å². The van der Waals surface area contributed by atoms with E-state index in [2.05, 4.69) is 0 Å². The predicted molar refractivity (Wildman–Crippen MR) is 67.5 cm³/mol. The van der Waals surface area contributed by atoms with Gasteiger partial charge in [0.05, 0.1) is 13.2 Å². The Morgan fingerprint density at radius 2 is 1.71 bits per heavy atom. The molecule has 0 saturated heterocycles. The van der Waals surface area contributed by atoms with Gasteiger partial charge in [-0.1, -0.05) is 12.8 Å². The summed E-state index contributed by atoms with van der Waals surface area (Å²) in [6.07, 6.45) is 6.73. The average molecular weight is 264 g/mol. The van der Waals surface area contributed by atoms with Gasteiger partial charge in [-0.2, -0.15) is 0 Å². The molecule has 0 aromatic carbocycles. The SMILES string of the molecule is CS(=O)(=O)CCCC(CO)(CO)C1CCCC1. The summed E-state index contributed by atoms with van der Waals surface area (Å²) in [5.74, 6) is 0.485. The highest BCUT2D eigenvalue weighted by Gasteiger charge is 2.38. The first-order chi connectivity index (χ1) is 7.93. The molecule has 17 heavy (non-hydrogen) atoms. The normalized spacial score (nSPS) is 18.8. The van der Waals surface area contributed by atoms with Gasteiger partial charge < -0.3 is 10.2 Å². The van der Waals surface area contributed by atoms with Gasteiger partial charge in [0, 0.05) is 17.4 Å². The fourth-order valence-corrected chi connectivity index (χ4v) is 3.56. The van der Waals surface area contributed by atoms with E-state index in [4.69, 9.17) is 0 Å². The van der Waals surface area contributed by atoms with Crippen molar-refractivity contribution >= 4 is 9.84 Å². The number of hydrogen-bond acceptors (Lipinski definition) is 4. The molecule has 102 valence electrons. The summed E-state index contributed by atoms with van der Waals surface area (Å²) in [6.45, 7) is -0.0874. The molecule has 0 radical (unpaired) electrons. The number of hydrogen-bond donors (Lipinski definition) is 2. The maximum absolute atomic E-state index is 11.1. The van der Waals surface area contributed by atoms with Gasteiger partial charge in [0.1, 0.15) is 9.84 Å². The lowest BCUT2D eigenvalue weighted by molar-refractivity contribution is -0.00191. The summed E-state index contributed by atoms with van der Waals surface area (Å²) in [5.41, 5.74) is -0.471. The zero-order chi connectivity index (χ0) is 12.9. The van der Waals surface area contributed by atoms with Crippen LogP contribution in [0.15, 0.2) is 0 Å². The quantitative estimate of drug-likeness (QED) is 0.718. The number of aliphatic hydroxyl groups is 2. The minimum Gasteiger partial charge on any atom is -0.396 e. The second-order valence-corrected chi connectivity index (χ2v) is 7.65. The van der Waals surface area contributed by atoms with E-state index < -0.39 is 15.3 Å². The molecule has 1 rings (SSSR count). The number of aliphatic hydroxyl groups excluding tert-OH is 2. The van der Waals surface area contributed by atoms with Crippen molar-refractivity contribution in [1.29, 1.82) is 0 Å². The van der Waals surface area contributed by atoms with Gasteiger partial charge in [-0.05, 0) is 31.6 Å². The maximum atomic E-state index is 11.1. The van der Waals surface area contributed by atoms with Gasteiger partial charge in [0.15, 0.2) is 0 Å². The molecule has 1 aliphatic rings. The minimum absolute atomic E-state index is 0.0437. The van der Waals surface area contributed by atoms with Crippen LogP contribution in [0.3, 0.4) is 0 Å². The van der Waals surface area contributed by atoms with E-state index in [1.54, 1.807) is 0 Å². The molecule has 2 N–H and O–H groups in total. The molecule has 0 amide bonds. The molecular weight excluding hydrogens is 240 g/mol. The third-order valence-electron chi connectivity index (χ3n) is 4.04. The third-order valence-corrected chi connectivity index (χ3v) is 5.07. The summed E-state index contributed by atoms with van der Waals surface area (Å²) in [7, 11) is -2.95. The summed E-state index contributed by atoms with van der Waals surface area (Å²) < 4.78 is 22.2. The molecular formula is C12H24O4S. The first-order valence-corrected chi connectivity index (χ1v) is 8.39. The van der Waals surface area contributed by atoms with Crippen molar-refractivity contribution in [1.82, 2.24) is 0 Å². The lowest BCUT2D eigenvalue weighted by Gasteiger charge is -2.36. The molecule has 0 spiro atoms. The Balaban J connectivity index is 2.58. The van der Waals surface area contributed by atoms with Crippen molar-refractivity contribution in [2.75, 3.05) is 25.2 Å². The standard InChI is InChI=1S/C12H24O4S/c1-17(15,16)8-4-7-12(9-13,10-14)11-5-2-3-6-11/h11,13-14H,2-10H2,1H3. The third kappa shape index (κ3) is 4.23. The summed E-state index contributed by atoms with van der Waals surface area (Å²) >= 11 is 0. The monoisotopic (exact) mass is 264 g/mol. The zero-order valence-corrected chi connectivity index (χ0v) is 11.4. The zero-order valence-electron chi connectivity index (χ0n) is 10.6. The molecule has 0 aromatic rings. The Kier molecular flexibility index (Phi) is 5.41. The van der Waals surface area contributed by atoms with E-state index in [1.807, 2.05) is 0 Å². The van der Waals surface area contributed by atoms with E-state index in [0.717, 1.165) is 25.7 Å². The Morgan fingerprint density at radius 1 is 1.18 bits per heavy atom. The van der Waals surface area contributed by atoms with Crippen LogP contribution < -0.4 is 0 Å². The van der Waals surface area contributed by atoms with Crippen LogP contribution in [0, 0.1) is 11.3 Å². The predicted octanol–water partition coefficient (Wildman–Crippen LogP) is 0.972. The van der Waals surface area contributed by atoms with Gasteiger partial charge in [0.2, 0.25) is 0 Å². The molecule has 1 saturated carbocycles. The minimum atomic E-state index is -2.95. The van der Waals surface area contributed by atoms with E-state index in [0.29, 0.717) is 18.8 Å². The van der Waals surface area contributed by atoms with Crippen molar-refractivity contribution in [3.8, 4) is 0 Å².